The van der Waals surface area contributed by atoms with Crippen LogP contribution in [0.1, 0.15) is 39.1 Å². The van der Waals surface area contributed by atoms with E-state index < -0.39 is 5.60 Å². The fraction of sp³-hybridized carbons (Fsp3) is 0.294. The van der Waals surface area contributed by atoms with E-state index in [0.717, 1.165) is 5.56 Å². The highest BCUT2D eigenvalue weighted by Gasteiger charge is 2.47. The van der Waals surface area contributed by atoms with Gasteiger partial charge in [-0.25, -0.2) is 4.79 Å². The number of furan rings is 1. The van der Waals surface area contributed by atoms with E-state index in [9.17, 15) is 9.59 Å². The number of likely N-dealkylation sites (tertiary alicyclic amines) is 1. The standard InChI is InChI=1S/C17H15NO4/c19-15(12-5-10-21-11-12)18-8-6-17(7-9-18)14-4-2-1-3-13(14)16(20)22-17/h1-5,10-11H,6-9H2. The molecule has 112 valence electrons. The maximum absolute atomic E-state index is 12.3. The number of benzene rings is 1. The summed E-state index contributed by atoms with van der Waals surface area (Å²) in [5, 5.41) is 0. The molecule has 0 bridgehead atoms. The average molecular weight is 297 g/mol. The predicted molar refractivity (Wildman–Crippen MR) is 77.4 cm³/mol. The molecular formula is C17H15NO4. The number of esters is 1. The molecule has 0 unspecified atom stereocenters. The van der Waals surface area contributed by atoms with Crippen LogP contribution < -0.4 is 0 Å². The van der Waals surface area contributed by atoms with Gasteiger partial charge in [0.05, 0.1) is 17.4 Å². The highest BCUT2D eigenvalue weighted by molar-refractivity contribution is 5.95. The summed E-state index contributed by atoms with van der Waals surface area (Å²) in [5.74, 6) is -0.300. The van der Waals surface area contributed by atoms with E-state index in [1.54, 1.807) is 17.0 Å². The molecule has 5 nitrogen and oxygen atoms in total. The van der Waals surface area contributed by atoms with E-state index in [4.69, 9.17) is 9.15 Å². The van der Waals surface area contributed by atoms with Gasteiger partial charge in [0.1, 0.15) is 11.9 Å². The first-order valence-electron chi connectivity index (χ1n) is 7.34. The van der Waals surface area contributed by atoms with Crippen molar-refractivity contribution in [3.8, 4) is 0 Å². The predicted octanol–water partition coefficient (Wildman–Crippen LogP) is 2.58. The molecule has 3 heterocycles. The van der Waals surface area contributed by atoms with E-state index in [1.165, 1.54) is 12.5 Å². The highest BCUT2D eigenvalue weighted by Crippen LogP contribution is 2.44. The minimum atomic E-state index is -0.569. The van der Waals surface area contributed by atoms with Crippen LogP contribution >= 0.6 is 0 Å². The van der Waals surface area contributed by atoms with Crippen molar-refractivity contribution in [2.75, 3.05) is 13.1 Å². The van der Waals surface area contributed by atoms with Crippen molar-refractivity contribution in [3.63, 3.8) is 0 Å². The molecule has 1 fully saturated rings. The van der Waals surface area contributed by atoms with Gasteiger partial charge in [-0.1, -0.05) is 18.2 Å². The van der Waals surface area contributed by atoms with Gasteiger partial charge in [0.15, 0.2) is 0 Å². The van der Waals surface area contributed by atoms with Crippen LogP contribution in [0, 0.1) is 0 Å². The molecule has 1 saturated heterocycles. The number of carbonyl (C=O) groups is 2. The minimum Gasteiger partial charge on any atom is -0.472 e. The molecule has 0 atom stereocenters. The first-order chi connectivity index (χ1) is 10.7. The summed E-state index contributed by atoms with van der Waals surface area (Å²) >= 11 is 0. The molecule has 0 aliphatic carbocycles. The zero-order chi connectivity index (χ0) is 15.2. The van der Waals surface area contributed by atoms with Crippen LogP contribution in [0.25, 0.3) is 0 Å². The summed E-state index contributed by atoms with van der Waals surface area (Å²) in [6, 6.07) is 9.18. The quantitative estimate of drug-likeness (QED) is 0.759. The lowest BCUT2D eigenvalue weighted by Crippen LogP contribution is -2.45. The van der Waals surface area contributed by atoms with Crippen molar-refractivity contribution >= 4 is 11.9 Å². The Labute approximate surface area is 127 Å². The van der Waals surface area contributed by atoms with Crippen molar-refractivity contribution < 1.29 is 18.7 Å². The molecule has 1 aromatic carbocycles. The van der Waals surface area contributed by atoms with Gasteiger partial charge in [-0.15, -0.1) is 0 Å². The Morgan fingerprint density at radius 2 is 1.91 bits per heavy atom. The van der Waals surface area contributed by atoms with Gasteiger partial charge in [-0.2, -0.15) is 0 Å². The molecule has 2 aliphatic heterocycles. The van der Waals surface area contributed by atoms with Crippen molar-refractivity contribution in [2.24, 2.45) is 0 Å². The molecule has 0 radical (unpaired) electrons. The normalized spacial score (nSPS) is 19.1. The third-order valence-electron chi connectivity index (χ3n) is 4.55. The maximum atomic E-state index is 12.3. The first-order valence-corrected chi connectivity index (χ1v) is 7.34. The molecule has 4 rings (SSSR count). The third-order valence-corrected chi connectivity index (χ3v) is 4.55. The van der Waals surface area contributed by atoms with E-state index in [0.29, 0.717) is 37.1 Å². The smallest absolute Gasteiger partial charge is 0.339 e. The largest absolute Gasteiger partial charge is 0.472 e. The number of carbonyl (C=O) groups excluding carboxylic acids is 2. The van der Waals surface area contributed by atoms with Gasteiger partial charge in [0.2, 0.25) is 0 Å². The zero-order valence-electron chi connectivity index (χ0n) is 12.0. The van der Waals surface area contributed by atoms with Gasteiger partial charge in [-0.3, -0.25) is 4.79 Å². The molecule has 22 heavy (non-hydrogen) atoms. The Morgan fingerprint density at radius 3 is 2.64 bits per heavy atom. The minimum absolute atomic E-state index is 0.0405. The van der Waals surface area contributed by atoms with Crippen molar-refractivity contribution in [3.05, 3.63) is 59.5 Å². The van der Waals surface area contributed by atoms with Crippen molar-refractivity contribution in [1.29, 1.82) is 0 Å². The Hall–Kier alpha value is -2.56. The first kappa shape index (κ1) is 13.1. The van der Waals surface area contributed by atoms with Crippen molar-refractivity contribution in [1.82, 2.24) is 4.90 Å². The number of nitrogens with zero attached hydrogens (tertiary/aromatic N) is 1. The molecule has 0 saturated carbocycles. The summed E-state index contributed by atoms with van der Waals surface area (Å²) in [7, 11) is 0. The van der Waals surface area contributed by atoms with Crippen LogP contribution in [-0.2, 0) is 10.3 Å². The molecule has 1 amide bonds. The van der Waals surface area contributed by atoms with Crippen LogP contribution in [0.2, 0.25) is 0 Å². The van der Waals surface area contributed by atoms with E-state index >= 15 is 0 Å². The fourth-order valence-electron chi connectivity index (χ4n) is 3.36. The highest BCUT2D eigenvalue weighted by atomic mass is 16.6. The number of hydrogen-bond acceptors (Lipinski definition) is 4. The summed E-state index contributed by atoms with van der Waals surface area (Å²) in [6.45, 7) is 1.12. The van der Waals surface area contributed by atoms with E-state index in [2.05, 4.69) is 0 Å². The lowest BCUT2D eigenvalue weighted by molar-refractivity contribution is -0.0389. The summed E-state index contributed by atoms with van der Waals surface area (Å²) in [6.07, 6.45) is 4.20. The lowest BCUT2D eigenvalue weighted by Gasteiger charge is -2.38. The topological polar surface area (TPSA) is 59.8 Å². The molecule has 2 aliphatic rings. The van der Waals surface area contributed by atoms with Crippen LogP contribution in [0.3, 0.4) is 0 Å². The van der Waals surface area contributed by atoms with Gasteiger partial charge >= 0.3 is 5.97 Å². The number of ether oxygens (including phenoxy) is 1. The van der Waals surface area contributed by atoms with Crippen LogP contribution in [0.15, 0.2) is 47.3 Å². The molecule has 2 aromatic rings. The molecule has 1 aromatic heterocycles. The lowest BCUT2D eigenvalue weighted by atomic mass is 9.83. The zero-order valence-corrected chi connectivity index (χ0v) is 12.0. The molecule has 1 spiro atoms. The van der Waals surface area contributed by atoms with Crippen molar-refractivity contribution in [2.45, 2.75) is 18.4 Å². The number of fused-ring (bicyclic) bond motifs is 2. The van der Waals surface area contributed by atoms with Gasteiger partial charge < -0.3 is 14.1 Å². The Balaban J connectivity index is 1.55. The Kier molecular flexibility index (Phi) is 2.82. The molecule has 5 heteroatoms. The van der Waals surface area contributed by atoms with Crippen LogP contribution in [0.5, 0.6) is 0 Å². The number of hydrogen-bond donors (Lipinski definition) is 0. The fourth-order valence-corrected chi connectivity index (χ4v) is 3.36. The average Bonchev–Trinajstić information content (AvgIpc) is 3.17. The summed E-state index contributed by atoms with van der Waals surface area (Å²) in [5.41, 5.74) is 1.59. The monoisotopic (exact) mass is 297 g/mol. The third kappa shape index (κ3) is 1.85. The number of rotatable bonds is 1. The SMILES string of the molecule is O=C1OC2(CCN(C(=O)c3ccoc3)CC2)c2ccccc21. The maximum Gasteiger partial charge on any atom is 0.339 e. The van der Waals surface area contributed by atoms with E-state index in [-0.39, 0.29) is 11.9 Å². The number of piperidine rings is 1. The van der Waals surface area contributed by atoms with Gasteiger partial charge in [-0.05, 0) is 12.1 Å². The Morgan fingerprint density at radius 1 is 1.14 bits per heavy atom. The second-order valence-corrected chi connectivity index (χ2v) is 5.73. The van der Waals surface area contributed by atoms with Gasteiger partial charge in [0, 0.05) is 31.5 Å². The van der Waals surface area contributed by atoms with Crippen LogP contribution in [-0.4, -0.2) is 29.9 Å². The second kappa shape index (κ2) is 4.73. The molecular weight excluding hydrogens is 282 g/mol. The summed E-state index contributed by atoms with van der Waals surface area (Å²) < 4.78 is 10.6. The van der Waals surface area contributed by atoms with Gasteiger partial charge in [0.25, 0.3) is 5.91 Å². The number of amides is 1. The molecule has 0 N–H and O–H groups in total. The summed E-state index contributed by atoms with van der Waals surface area (Å²) in [4.78, 5) is 26.1. The van der Waals surface area contributed by atoms with E-state index in [1.807, 2.05) is 18.2 Å². The Bertz CT molecular complexity index is 727. The second-order valence-electron chi connectivity index (χ2n) is 5.73. The van der Waals surface area contributed by atoms with Crippen LogP contribution in [0.4, 0.5) is 0 Å².